The highest BCUT2D eigenvalue weighted by atomic mass is 16.8. The van der Waals surface area contributed by atoms with Crippen molar-refractivity contribution in [2.45, 2.75) is 146 Å². The number of fused-ring (bicyclic) bond motifs is 5. The Bertz CT molecular complexity index is 4130. The van der Waals surface area contributed by atoms with Gasteiger partial charge in [-0.15, -0.1) is 0 Å². The molecule has 580 valence electrons. The number of benzene rings is 4. The molecule has 0 radical (unpaired) electrons. The number of anilines is 1. The summed E-state index contributed by atoms with van der Waals surface area (Å²) in [6.45, 7) is 18.9. The van der Waals surface area contributed by atoms with Gasteiger partial charge in [-0.1, -0.05) is 143 Å². The molecular weight excluding hydrogens is 1430 g/mol. The Balaban J connectivity index is 1.03. The number of esters is 5. The number of nitrogens with one attached hydrogen (secondary N) is 2. The van der Waals surface area contributed by atoms with Crippen LogP contribution in [0.5, 0.6) is 0 Å². The fourth-order valence-corrected chi connectivity index (χ4v) is 14.0. The SMILES string of the molecule is C=CCOC(=O)O[C@@H]1[C@@H](OC(=O)OCC=C)[C@H](OC(=O)Nc2ccc(COC(=O)O[C@@H](C(=O)O[C@H]3C[C@@]4(O)[C@@H](OC(=O)c5ccccc5)[C@@H]5[C@]6(OC(C)=O)CO[C@@H]6C[C@H](O)[C@@]5(C)C(=O)[C@H](OC(C)=O)C(=C3C)C4(C)C)[C@@H](NC(=O)c3ccccc3)c3ccccc3)cc2)O[C@H](C(=O)OCC=C)[C@H]1OC(=O)OCC=C. The third-order valence-corrected chi connectivity index (χ3v) is 19.2. The van der Waals surface area contributed by atoms with Crippen molar-refractivity contribution in [1.82, 2.24) is 5.32 Å². The number of carbonyl (C=O) groups is 12. The minimum Gasteiger partial charge on any atom is -0.459 e. The number of ether oxygens (including phenoxy) is 16. The molecule has 4 fully saturated rings. The first-order chi connectivity index (χ1) is 52.0. The van der Waals surface area contributed by atoms with Crippen molar-refractivity contribution in [2.24, 2.45) is 16.7 Å². The van der Waals surface area contributed by atoms with Gasteiger partial charge in [0.25, 0.3) is 5.91 Å². The van der Waals surface area contributed by atoms with Gasteiger partial charge >= 0.3 is 60.6 Å². The Morgan fingerprint density at radius 2 is 1.18 bits per heavy atom. The lowest BCUT2D eigenvalue weighted by molar-refractivity contribution is -0.346. The van der Waals surface area contributed by atoms with Crippen LogP contribution in [-0.2, 0) is 106 Å². The first-order valence-electron chi connectivity index (χ1n) is 34.1. The number of aliphatic hydroxyl groups excluding tert-OH is 1. The number of aliphatic hydroxyl groups is 2. The molecule has 2 saturated heterocycles. The molecule has 2 saturated carbocycles. The highest BCUT2D eigenvalue weighted by molar-refractivity contribution is 5.97. The van der Waals surface area contributed by atoms with Gasteiger partial charge in [0.15, 0.2) is 35.8 Å². The third-order valence-electron chi connectivity index (χ3n) is 19.2. The average molecular weight is 1520 g/mol. The molecule has 0 spiro atoms. The largest absolute Gasteiger partial charge is 0.509 e. The van der Waals surface area contributed by atoms with Crippen molar-refractivity contribution in [2.75, 3.05) is 38.4 Å². The number of ketones is 1. The van der Waals surface area contributed by atoms with E-state index >= 15 is 9.59 Å². The number of rotatable bonds is 27. The first kappa shape index (κ1) is 81.3. The van der Waals surface area contributed by atoms with E-state index in [4.69, 9.17) is 75.8 Å². The van der Waals surface area contributed by atoms with Gasteiger partial charge in [-0.05, 0) is 72.5 Å². The number of hydrogen-bond donors (Lipinski definition) is 4. The van der Waals surface area contributed by atoms with E-state index in [1.165, 1.54) is 101 Å². The van der Waals surface area contributed by atoms with Crippen molar-refractivity contribution in [3.8, 4) is 0 Å². The van der Waals surface area contributed by atoms with Crippen molar-refractivity contribution in [1.29, 1.82) is 0 Å². The Kier molecular flexibility index (Phi) is 26.4. The molecule has 2 amide bonds. The quantitative estimate of drug-likeness (QED) is 0.0248. The maximum absolute atomic E-state index is 16.0. The van der Waals surface area contributed by atoms with Crippen LogP contribution in [0.2, 0.25) is 0 Å². The van der Waals surface area contributed by atoms with Crippen molar-refractivity contribution >= 4 is 77.9 Å². The van der Waals surface area contributed by atoms with E-state index in [2.05, 4.69) is 36.9 Å². The summed E-state index contributed by atoms with van der Waals surface area (Å²) in [5.41, 5.74) is -8.41. The van der Waals surface area contributed by atoms with Crippen LogP contribution in [0.15, 0.2) is 177 Å². The predicted molar refractivity (Wildman–Crippen MR) is 372 cm³/mol. The second-order valence-electron chi connectivity index (χ2n) is 26.4. The van der Waals surface area contributed by atoms with Crippen LogP contribution in [0.25, 0.3) is 0 Å². The van der Waals surface area contributed by atoms with Crippen LogP contribution in [-0.4, -0.2) is 194 Å². The minimum absolute atomic E-state index is 0.00263. The Morgan fingerprint density at radius 3 is 1.73 bits per heavy atom. The number of hydrogen-bond acceptors (Lipinski definition) is 30. The van der Waals surface area contributed by atoms with Crippen LogP contribution in [0.4, 0.5) is 29.7 Å². The third kappa shape index (κ3) is 18.0. The zero-order valence-corrected chi connectivity index (χ0v) is 60.1. The van der Waals surface area contributed by atoms with Crippen LogP contribution >= 0.6 is 0 Å². The van der Waals surface area contributed by atoms with Crippen LogP contribution in [0, 0.1) is 16.7 Å². The van der Waals surface area contributed by atoms with Gasteiger partial charge in [-0.2, -0.15) is 0 Å². The monoisotopic (exact) mass is 1510 g/mol. The van der Waals surface area contributed by atoms with Crippen LogP contribution in [0.1, 0.15) is 92.3 Å². The molecule has 4 aromatic rings. The molecule has 3 aliphatic carbocycles. The van der Waals surface area contributed by atoms with Gasteiger partial charge in [0.05, 0.1) is 29.6 Å². The molecule has 9 rings (SSSR count). The molecule has 2 heterocycles. The lowest BCUT2D eigenvalue weighted by atomic mass is 9.44. The van der Waals surface area contributed by atoms with E-state index in [9.17, 15) is 58.2 Å². The molecule has 0 unspecified atom stereocenters. The van der Waals surface area contributed by atoms with Gasteiger partial charge in [-0.25, -0.2) is 38.4 Å². The zero-order chi connectivity index (χ0) is 79.1. The average Bonchev–Trinajstić information content (AvgIpc) is 0.668. The van der Waals surface area contributed by atoms with E-state index in [-0.39, 0.29) is 45.5 Å². The van der Waals surface area contributed by atoms with E-state index in [1.54, 1.807) is 54.6 Å². The molecule has 4 N–H and O–H groups in total. The maximum Gasteiger partial charge on any atom is 0.509 e. The van der Waals surface area contributed by atoms with E-state index in [0.717, 1.165) is 26.0 Å². The van der Waals surface area contributed by atoms with Crippen LogP contribution in [0.3, 0.4) is 0 Å². The lowest BCUT2D eigenvalue weighted by Crippen LogP contribution is -2.82. The molecule has 2 aliphatic heterocycles. The molecule has 0 aromatic heterocycles. The summed E-state index contributed by atoms with van der Waals surface area (Å²) in [4.78, 5) is 169. The number of Topliss-reactive ketones (excluding diaryl/α,β-unsaturated/α-hetero) is 1. The van der Waals surface area contributed by atoms with E-state index in [1.807, 2.05) is 0 Å². The maximum atomic E-state index is 16.0. The summed E-state index contributed by atoms with van der Waals surface area (Å²) in [5, 5.41) is 31.7. The Hall–Kier alpha value is -11.7. The highest BCUT2D eigenvalue weighted by Crippen LogP contribution is 2.64. The van der Waals surface area contributed by atoms with E-state index in [0.29, 0.717) is 0 Å². The fraction of sp³-hybridized carbons (Fsp3) is 0.403. The van der Waals surface area contributed by atoms with Gasteiger partial charge < -0.3 is 91.3 Å². The molecule has 16 atom stereocenters. The van der Waals surface area contributed by atoms with E-state index < -0.39 is 220 Å². The second-order valence-corrected chi connectivity index (χ2v) is 26.4. The molecule has 5 aliphatic rings. The zero-order valence-electron chi connectivity index (χ0n) is 60.1. The standard InChI is InChI=1S/C77H82N2O30/c1-11-34-94-66(86)59-57(104-70(89)95-35-12-2)58(105-71(90)96-36-13-3)60(106-72(91)97-37-14-4)68(102-59)108-69(88)78-49-32-30-45(31-33-49)40-98-73(92)103-56(54(46-24-18-15-19-25-46)79-64(84)47-26-20-16-21-27-47)67(87)101-50-39-77(93)63(107-65(85)48-28-22-17-23-29-48)61-75(10,51(82)38-52-76(61,41-99-52)109-44(7)81)62(83)55(100-43(6)80)53(42(50)5)74(77,8)9/h11-33,50-52,54-61,63,68,82,93H,1-4,34-41H2,5-10H3,(H,78,88)(H,79,84)/t50-,51-,52+,54-,55+,56+,57-,58-,59-,60+,61-,63-,68-,75+,76-,77+/m0/s1. The predicted octanol–water partition coefficient (Wildman–Crippen LogP) is 8.22. The minimum atomic E-state index is -2.61. The van der Waals surface area contributed by atoms with Crippen LogP contribution < -0.4 is 10.6 Å². The summed E-state index contributed by atoms with van der Waals surface area (Å²) < 4.78 is 90.2. The second kappa shape index (κ2) is 35.3. The molecule has 32 heteroatoms. The van der Waals surface area contributed by atoms with Crippen molar-refractivity contribution < 1.29 is 144 Å². The number of carbonyl (C=O) groups excluding carboxylic acids is 12. The topological polar surface area (TPSA) is 417 Å². The first-order valence-corrected chi connectivity index (χ1v) is 34.1. The smallest absolute Gasteiger partial charge is 0.459 e. The van der Waals surface area contributed by atoms with Crippen molar-refractivity contribution in [3.05, 3.63) is 199 Å². The highest BCUT2D eigenvalue weighted by Gasteiger charge is 2.78. The normalized spacial score (nSPS) is 26.7. The molecule has 32 nitrogen and oxygen atoms in total. The number of amides is 2. The summed E-state index contributed by atoms with van der Waals surface area (Å²) in [7, 11) is 0. The van der Waals surface area contributed by atoms with Crippen molar-refractivity contribution in [3.63, 3.8) is 0 Å². The molecule has 109 heavy (non-hydrogen) atoms. The lowest BCUT2D eigenvalue weighted by Gasteiger charge is -2.67. The van der Waals surface area contributed by atoms with Gasteiger partial charge in [-0.3, -0.25) is 24.5 Å². The fourth-order valence-electron chi connectivity index (χ4n) is 14.0. The Morgan fingerprint density at radius 1 is 0.633 bits per heavy atom. The molecule has 4 aromatic carbocycles. The van der Waals surface area contributed by atoms with Gasteiger partial charge in [0.2, 0.25) is 18.5 Å². The van der Waals surface area contributed by atoms with Gasteiger partial charge in [0.1, 0.15) is 63.0 Å². The van der Waals surface area contributed by atoms with Gasteiger partial charge in [0, 0.05) is 43.4 Å². The Labute approximate surface area is 624 Å². The molecular formula is C77H82N2O30. The summed E-state index contributed by atoms with van der Waals surface area (Å²) in [5.74, 6) is -9.12. The summed E-state index contributed by atoms with van der Waals surface area (Å²) >= 11 is 0. The summed E-state index contributed by atoms with van der Waals surface area (Å²) in [6, 6.07) is 26.6. The summed E-state index contributed by atoms with van der Waals surface area (Å²) in [6.07, 6.45) is -25.5. The molecule has 2 bridgehead atoms.